The topological polar surface area (TPSA) is 119 Å². The fourth-order valence-electron chi connectivity index (χ4n) is 4.68. The smallest absolute Gasteiger partial charge is 0.326 e. The third kappa shape index (κ3) is 5.67. The van der Waals surface area contributed by atoms with E-state index in [-0.39, 0.29) is 11.8 Å². The standard InChI is InChI=1S/C27H33N5O4/c1-17(2)12-22(26(34)35)30-27(36)32-11-10-31(15-23-18(3)28-16-29-23)25(33)24(32)14-19-8-9-20-6-4-5-7-21(20)13-19/h4-9,13,16-17,22,24H,10-12,14-15H2,1-3H3,(H,28,29)(H,30,36)(H,34,35)/t22-,24-/m0/s1. The molecular weight excluding hydrogens is 458 g/mol. The summed E-state index contributed by atoms with van der Waals surface area (Å²) in [5, 5.41) is 14.4. The van der Waals surface area contributed by atoms with Crippen molar-refractivity contribution in [3.8, 4) is 0 Å². The molecular formula is C27H33N5O4. The number of urea groups is 1. The molecule has 1 aromatic heterocycles. The molecule has 4 rings (SSSR count). The van der Waals surface area contributed by atoms with Crippen molar-refractivity contribution in [1.82, 2.24) is 25.1 Å². The molecule has 0 saturated carbocycles. The Morgan fingerprint density at radius 3 is 2.58 bits per heavy atom. The minimum absolute atomic E-state index is 0.0929. The minimum atomic E-state index is -1.08. The van der Waals surface area contributed by atoms with Gasteiger partial charge in [0.1, 0.15) is 12.1 Å². The van der Waals surface area contributed by atoms with Gasteiger partial charge in [-0.1, -0.05) is 56.3 Å². The summed E-state index contributed by atoms with van der Waals surface area (Å²) >= 11 is 0. The Kier molecular flexibility index (Phi) is 7.57. The molecule has 2 heterocycles. The number of carboxylic acid groups (broad SMARTS) is 1. The number of aromatic nitrogens is 2. The summed E-state index contributed by atoms with van der Waals surface area (Å²) in [6.45, 7) is 6.71. The van der Waals surface area contributed by atoms with E-state index >= 15 is 0 Å². The summed E-state index contributed by atoms with van der Waals surface area (Å²) in [7, 11) is 0. The molecule has 0 spiro atoms. The van der Waals surface area contributed by atoms with Crippen LogP contribution in [0.2, 0.25) is 0 Å². The monoisotopic (exact) mass is 491 g/mol. The Morgan fingerprint density at radius 2 is 1.92 bits per heavy atom. The van der Waals surface area contributed by atoms with Crippen LogP contribution in [0.4, 0.5) is 4.79 Å². The lowest BCUT2D eigenvalue weighted by molar-refractivity contribution is -0.140. The summed E-state index contributed by atoms with van der Waals surface area (Å²) in [6, 6.07) is 11.7. The molecule has 2 aromatic carbocycles. The quantitative estimate of drug-likeness (QED) is 0.447. The molecule has 190 valence electrons. The summed E-state index contributed by atoms with van der Waals surface area (Å²) < 4.78 is 0. The maximum absolute atomic E-state index is 13.7. The van der Waals surface area contributed by atoms with Crippen molar-refractivity contribution < 1.29 is 19.5 Å². The minimum Gasteiger partial charge on any atom is -0.480 e. The van der Waals surface area contributed by atoms with Crippen molar-refractivity contribution in [2.45, 2.75) is 52.2 Å². The second-order valence-corrected chi connectivity index (χ2v) is 9.80. The van der Waals surface area contributed by atoms with E-state index in [4.69, 9.17) is 0 Å². The van der Waals surface area contributed by atoms with Gasteiger partial charge in [-0.3, -0.25) is 4.79 Å². The molecule has 36 heavy (non-hydrogen) atoms. The zero-order valence-electron chi connectivity index (χ0n) is 20.9. The average Bonchev–Trinajstić information content (AvgIpc) is 3.25. The van der Waals surface area contributed by atoms with Crippen LogP contribution in [-0.2, 0) is 22.6 Å². The van der Waals surface area contributed by atoms with Crippen LogP contribution in [0.15, 0.2) is 48.8 Å². The lowest BCUT2D eigenvalue weighted by Crippen LogP contribution is -2.62. The molecule has 9 heteroatoms. The van der Waals surface area contributed by atoms with Gasteiger partial charge in [0, 0.05) is 25.2 Å². The maximum atomic E-state index is 13.7. The highest BCUT2D eigenvalue weighted by molar-refractivity contribution is 5.90. The molecule has 0 radical (unpaired) electrons. The number of aryl methyl sites for hydroxylation is 1. The number of carbonyl (C=O) groups excluding carboxylic acids is 2. The second kappa shape index (κ2) is 10.8. The second-order valence-electron chi connectivity index (χ2n) is 9.80. The van der Waals surface area contributed by atoms with Crippen molar-refractivity contribution in [3.63, 3.8) is 0 Å². The SMILES string of the molecule is Cc1[nH]cnc1CN1CCN(C(=O)N[C@@H](CC(C)C)C(=O)O)[C@@H](Cc2ccc3ccccc3c2)C1=O. The summed E-state index contributed by atoms with van der Waals surface area (Å²) in [5.41, 5.74) is 2.61. The van der Waals surface area contributed by atoms with E-state index in [1.165, 1.54) is 4.90 Å². The molecule has 9 nitrogen and oxygen atoms in total. The zero-order valence-corrected chi connectivity index (χ0v) is 20.9. The number of piperazine rings is 1. The van der Waals surface area contributed by atoms with E-state index in [9.17, 15) is 19.5 Å². The summed E-state index contributed by atoms with van der Waals surface area (Å²) in [6.07, 6.45) is 2.24. The van der Waals surface area contributed by atoms with Crippen LogP contribution < -0.4 is 5.32 Å². The van der Waals surface area contributed by atoms with Crippen LogP contribution in [0.3, 0.4) is 0 Å². The number of aliphatic carboxylic acids is 1. The molecule has 3 amide bonds. The number of fused-ring (bicyclic) bond motifs is 1. The average molecular weight is 492 g/mol. The number of rotatable bonds is 8. The van der Waals surface area contributed by atoms with Gasteiger partial charge in [-0.2, -0.15) is 0 Å². The molecule has 0 unspecified atom stereocenters. The van der Waals surface area contributed by atoms with Crippen LogP contribution >= 0.6 is 0 Å². The first kappa shape index (κ1) is 25.2. The third-order valence-corrected chi connectivity index (χ3v) is 6.67. The van der Waals surface area contributed by atoms with Gasteiger partial charge in [0.15, 0.2) is 0 Å². The fraction of sp³-hybridized carbons (Fsp3) is 0.407. The number of hydrogen-bond acceptors (Lipinski definition) is 4. The van der Waals surface area contributed by atoms with Crippen molar-refractivity contribution in [3.05, 3.63) is 65.7 Å². The summed E-state index contributed by atoms with van der Waals surface area (Å²) in [4.78, 5) is 49.3. The number of aromatic amines is 1. The van der Waals surface area contributed by atoms with Gasteiger partial charge in [0.25, 0.3) is 0 Å². The number of H-pyrrole nitrogens is 1. The predicted molar refractivity (Wildman–Crippen MR) is 136 cm³/mol. The first-order valence-corrected chi connectivity index (χ1v) is 12.3. The zero-order chi connectivity index (χ0) is 25.8. The molecule has 0 aliphatic carbocycles. The first-order chi connectivity index (χ1) is 17.2. The van der Waals surface area contributed by atoms with Gasteiger partial charge >= 0.3 is 12.0 Å². The van der Waals surface area contributed by atoms with Crippen LogP contribution in [0, 0.1) is 12.8 Å². The highest BCUT2D eigenvalue weighted by atomic mass is 16.4. The molecule has 1 aliphatic heterocycles. The van der Waals surface area contributed by atoms with Crippen LogP contribution in [0.25, 0.3) is 10.8 Å². The van der Waals surface area contributed by atoms with Crippen LogP contribution in [0.1, 0.15) is 37.2 Å². The Labute approximate surface area is 210 Å². The molecule has 1 aliphatic rings. The Bertz CT molecular complexity index is 1250. The van der Waals surface area contributed by atoms with E-state index in [0.717, 1.165) is 27.7 Å². The van der Waals surface area contributed by atoms with Gasteiger partial charge in [0.05, 0.1) is 18.6 Å². The van der Waals surface area contributed by atoms with E-state index in [2.05, 4.69) is 15.3 Å². The Balaban J connectivity index is 1.59. The third-order valence-electron chi connectivity index (χ3n) is 6.67. The number of nitrogens with one attached hydrogen (secondary N) is 2. The largest absolute Gasteiger partial charge is 0.480 e. The van der Waals surface area contributed by atoms with Gasteiger partial charge in [0.2, 0.25) is 5.91 Å². The molecule has 3 N–H and O–H groups in total. The number of hydrogen-bond donors (Lipinski definition) is 3. The van der Waals surface area contributed by atoms with Crippen molar-refractivity contribution in [2.75, 3.05) is 13.1 Å². The highest BCUT2D eigenvalue weighted by Gasteiger charge is 2.39. The van der Waals surface area contributed by atoms with E-state index < -0.39 is 24.1 Å². The number of carbonyl (C=O) groups is 3. The number of amides is 3. The van der Waals surface area contributed by atoms with Crippen molar-refractivity contribution in [2.24, 2.45) is 5.92 Å². The molecule has 0 bridgehead atoms. The van der Waals surface area contributed by atoms with Crippen molar-refractivity contribution in [1.29, 1.82) is 0 Å². The van der Waals surface area contributed by atoms with Crippen LogP contribution in [0.5, 0.6) is 0 Å². The Hall–Kier alpha value is -3.88. The molecule has 1 saturated heterocycles. The molecule has 1 fully saturated rings. The van der Waals surface area contributed by atoms with E-state index in [0.29, 0.717) is 32.5 Å². The summed E-state index contributed by atoms with van der Waals surface area (Å²) in [5.74, 6) is -1.17. The lowest BCUT2D eigenvalue weighted by Gasteiger charge is -2.41. The van der Waals surface area contributed by atoms with Gasteiger partial charge < -0.3 is 25.2 Å². The number of imidazole rings is 1. The van der Waals surface area contributed by atoms with Crippen LogP contribution in [-0.4, -0.2) is 68.0 Å². The van der Waals surface area contributed by atoms with Gasteiger partial charge in [-0.25, -0.2) is 14.6 Å². The number of carboxylic acids is 1. The molecule has 3 aromatic rings. The molecule has 2 atom stereocenters. The van der Waals surface area contributed by atoms with E-state index in [1.807, 2.05) is 63.2 Å². The highest BCUT2D eigenvalue weighted by Crippen LogP contribution is 2.22. The Morgan fingerprint density at radius 1 is 1.17 bits per heavy atom. The number of nitrogens with zero attached hydrogens (tertiary/aromatic N) is 3. The first-order valence-electron chi connectivity index (χ1n) is 12.3. The lowest BCUT2D eigenvalue weighted by atomic mass is 9.98. The van der Waals surface area contributed by atoms with Crippen molar-refractivity contribution >= 4 is 28.7 Å². The predicted octanol–water partition coefficient (Wildman–Crippen LogP) is 3.34. The fourth-order valence-corrected chi connectivity index (χ4v) is 4.68. The van der Waals surface area contributed by atoms with Gasteiger partial charge in [-0.05, 0) is 35.6 Å². The maximum Gasteiger partial charge on any atom is 0.326 e. The van der Waals surface area contributed by atoms with E-state index in [1.54, 1.807) is 11.2 Å². The number of benzene rings is 2. The normalized spacial score (nSPS) is 17.0. The van der Waals surface area contributed by atoms with Gasteiger partial charge in [-0.15, -0.1) is 0 Å².